The number of likely N-dealkylation sites (N-methyl/N-ethyl adjacent to an activating group) is 1. The van der Waals surface area contributed by atoms with Gasteiger partial charge in [-0.3, -0.25) is 9.69 Å². The molecule has 0 bridgehead atoms. The molecule has 0 aromatic heterocycles. The monoisotopic (exact) mass is 287 g/mol. The lowest BCUT2D eigenvalue weighted by atomic mass is 10.0. The number of carboxylic acid groups (broad SMARTS) is 1. The number of aliphatic carboxylic acids is 1. The summed E-state index contributed by atoms with van der Waals surface area (Å²) in [7, 11) is 3.48. The van der Waals surface area contributed by atoms with Crippen LogP contribution in [0.2, 0.25) is 0 Å². The number of carboxylic acids is 1. The van der Waals surface area contributed by atoms with Gasteiger partial charge in [-0.1, -0.05) is 37.3 Å². The average molecular weight is 287 g/mol. The van der Waals surface area contributed by atoms with E-state index in [-0.39, 0.29) is 0 Å². The minimum atomic E-state index is -0.792. The summed E-state index contributed by atoms with van der Waals surface area (Å²) in [5, 5.41) is 11.5. The Kier molecular flexibility index (Phi) is 4.81. The van der Waals surface area contributed by atoms with E-state index >= 15 is 0 Å². The predicted molar refractivity (Wildman–Crippen MR) is 83.7 cm³/mol. The van der Waals surface area contributed by atoms with Crippen LogP contribution in [0.3, 0.4) is 0 Å². The zero-order valence-electron chi connectivity index (χ0n) is 12.7. The fourth-order valence-electron chi connectivity index (χ4n) is 2.70. The number of hydrogen-bond donors (Lipinski definition) is 1. The topological polar surface area (TPSA) is 49.8 Å². The molecule has 1 atom stereocenters. The van der Waals surface area contributed by atoms with Gasteiger partial charge in [0, 0.05) is 12.1 Å². The Morgan fingerprint density at radius 1 is 1.29 bits per heavy atom. The molecule has 0 spiro atoms. The fraction of sp³-hybridized carbons (Fsp3) is 0.353. The maximum atomic E-state index is 11.3. The zero-order valence-corrected chi connectivity index (χ0v) is 12.7. The number of nitrogens with zero attached hydrogens (tertiary/aromatic N) is 1. The third-order valence-corrected chi connectivity index (χ3v) is 3.83. The normalized spacial score (nSPS) is 12.6. The first-order valence-corrected chi connectivity index (χ1v) is 7.06. The zero-order chi connectivity index (χ0) is 15.4. The van der Waals surface area contributed by atoms with Crippen molar-refractivity contribution in [3.05, 3.63) is 42.0 Å². The van der Waals surface area contributed by atoms with Crippen LogP contribution >= 0.6 is 0 Å². The number of fused-ring (bicyclic) bond motifs is 1. The van der Waals surface area contributed by atoms with Crippen LogP contribution in [0.5, 0.6) is 5.75 Å². The maximum absolute atomic E-state index is 11.3. The second-order valence-electron chi connectivity index (χ2n) is 5.14. The molecule has 4 heteroatoms. The Balaban J connectivity index is 2.42. The number of hydrogen-bond acceptors (Lipinski definition) is 3. The molecule has 2 aromatic carbocycles. The summed E-state index contributed by atoms with van der Waals surface area (Å²) in [6.07, 6.45) is 0.568. The van der Waals surface area contributed by atoms with Gasteiger partial charge in [0.15, 0.2) is 0 Å². The quantitative estimate of drug-likeness (QED) is 0.886. The van der Waals surface area contributed by atoms with E-state index in [2.05, 4.69) is 0 Å². The highest BCUT2D eigenvalue weighted by Gasteiger charge is 2.22. The molecule has 2 rings (SSSR count). The van der Waals surface area contributed by atoms with Crippen molar-refractivity contribution in [1.29, 1.82) is 0 Å². The van der Waals surface area contributed by atoms with Gasteiger partial charge in [-0.2, -0.15) is 0 Å². The van der Waals surface area contributed by atoms with Crippen molar-refractivity contribution in [3.8, 4) is 5.75 Å². The lowest BCUT2D eigenvalue weighted by Crippen LogP contribution is -2.37. The van der Waals surface area contributed by atoms with Crippen LogP contribution in [-0.4, -0.2) is 36.2 Å². The van der Waals surface area contributed by atoms with Crippen molar-refractivity contribution in [2.75, 3.05) is 14.2 Å². The minimum Gasteiger partial charge on any atom is -0.496 e. The Bertz CT molecular complexity index is 639. The third kappa shape index (κ3) is 3.16. The smallest absolute Gasteiger partial charge is 0.320 e. The van der Waals surface area contributed by atoms with Crippen LogP contribution in [0.4, 0.5) is 0 Å². The van der Waals surface area contributed by atoms with Crippen LogP contribution in [0.1, 0.15) is 18.9 Å². The fourth-order valence-corrected chi connectivity index (χ4v) is 2.70. The lowest BCUT2D eigenvalue weighted by Gasteiger charge is -2.25. The van der Waals surface area contributed by atoms with Crippen molar-refractivity contribution in [2.24, 2.45) is 0 Å². The van der Waals surface area contributed by atoms with Crippen molar-refractivity contribution in [3.63, 3.8) is 0 Å². The third-order valence-electron chi connectivity index (χ3n) is 3.83. The first-order chi connectivity index (χ1) is 10.1. The van der Waals surface area contributed by atoms with Gasteiger partial charge in [0.2, 0.25) is 0 Å². The van der Waals surface area contributed by atoms with Crippen LogP contribution in [0.25, 0.3) is 10.8 Å². The highest BCUT2D eigenvalue weighted by Crippen LogP contribution is 2.29. The van der Waals surface area contributed by atoms with Gasteiger partial charge < -0.3 is 9.84 Å². The molecule has 0 saturated heterocycles. The SMILES string of the molecule is CCC(C(=O)O)N(C)Cc1c(OC)ccc2ccccc12. The van der Waals surface area contributed by atoms with Crippen LogP contribution in [0, 0.1) is 0 Å². The summed E-state index contributed by atoms with van der Waals surface area (Å²) < 4.78 is 5.45. The van der Waals surface area contributed by atoms with Crippen LogP contribution in [-0.2, 0) is 11.3 Å². The van der Waals surface area contributed by atoms with Crippen molar-refractivity contribution in [1.82, 2.24) is 4.90 Å². The standard InChI is InChI=1S/C17H21NO3/c1-4-15(17(19)20)18(2)11-14-13-8-6-5-7-12(13)9-10-16(14)21-3/h5-10,15H,4,11H2,1-3H3,(H,19,20). The van der Waals surface area contributed by atoms with Gasteiger partial charge in [-0.15, -0.1) is 0 Å². The number of ether oxygens (including phenoxy) is 1. The molecule has 0 saturated carbocycles. The van der Waals surface area contributed by atoms with E-state index in [0.717, 1.165) is 22.1 Å². The predicted octanol–water partition coefficient (Wildman–Crippen LogP) is 3.14. The average Bonchev–Trinajstić information content (AvgIpc) is 2.48. The van der Waals surface area contributed by atoms with E-state index < -0.39 is 12.0 Å². The number of benzene rings is 2. The molecule has 1 unspecified atom stereocenters. The van der Waals surface area contributed by atoms with Gasteiger partial charge in [0.25, 0.3) is 0 Å². The molecule has 0 fully saturated rings. The van der Waals surface area contributed by atoms with Crippen LogP contribution in [0.15, 0.2) is 36.4 Å². The molecule has 21 heavy (non-hydrogen) atoms. The molecule has 112 valence electrons. The largest absolute Gasteiger partial charge is 0.496 e. The Hall–Kier alpha value is -2.07. The van der Waals surface area contributed by atoms with Gasteiger partial charge in [0.05, 0.1) is 7.11 Å². The second-order valence-corrected chi connectivity index (χ2v) is 5.14. The van der Waals surface area contributed by atoms with Crippen molar-refractivity contribution < 1.29 is 14.6 Å². The molecule has 0 aliphatic heterocycles. The first-order valence-electron chi connectivity index (χ1n) is 7.06. The van der Waals surface area contributed by atoms with Crippen LogP contribution < -0.4 is 4.74 Å². The molecule has 1 N–H and O–H groups in total. The molecule has 0 aliphatic rings. The molecule has 0 heterocycles. The van der Waals surface area contributed by atoms with E-state index in [4.69, 9.17) is 4.74 Å². The number of rotatable bonds is 6. The Labute approximate surface area is 124 Å². The molecule has 0 radical (unpaired) electrons. The van der Waals surface area contributed by atoms with Crippen molar-refractivity contribution in [2.45, 2.75) is 25.9 Å². The van der Waals surface area contributed by atoms with Gasteiger partial charge >= 0.3 is 5.97 Å². The van der Waals surface area contributed by atoms with Gasteiger partial charge in [-0.05, 0) is 30.3 Å². The molecular weight excluding hydrogens is 266 g/mol. The molecule has 2 aromatic rings. The summed E-state index contributed by atoms with van der Waals surface area (Å²) in [6.45, 7) is 2.42. The van der Waals surface area contributed by atoms with E-state index in [1.165, 1.54) is 0 Å². The second kappa shape index (κ2) is 6.59. The maximum Gasteiger partial charge on any atom is 0.320 e. The summed E-state index contributed by atoms with van der Waals surface area (Å²) in [4.78, 5) is 13.2. The van der Waals surface area contributed by atoms with E-state index in [1.54, 1.807) is 7.11 Å². The summed E-state index contributed by atoms with van der Waals surface area (Å²) in [5.41, 5.74) is 1.03. The Morgan fingerprint density at radius 3 is 2.62 bits per heavy atom. The minimum absolute atomic E-state index is 0.492. The molecular formula is C17H21NO3. The molecule has 4 nitrogen and oxygen atoms in total. The summed E-state index contributed by atoms with van der Waals surface area (Å²) >= 11 is 0. The molecule has 0 aliphatic carbocycles. The highest BCUT2D eigenvalue weighted by molar-refractivity contribution is 5.87. The van der Waals surface area contributed by atoms with E-state index in [9.17, 15) is 9.90 Å². The summed E-state index contributed by atoms with van der Waals surface area (Å²) in [6, 6.07) is 11.5. The first kappa shape index (κ1) is 15.3. The van der Waals surface area contributed by atoms with Gasteiger partial charge in [-0.25, -0.2) is 0 Å². The lowest BCUT2D eigenvalue weighted by molar-refractivity contribution is -0.143. The van der Waals surface area contributed by atoms with Crippen molar-refractivity contribution >= 4 is 16.7 Å². The number of methoxy groups -OCH3 is 1. The van der Waals surface area contributed by atoms with Gasteiger partial charge in [0.1, 0.15) is 11.8 Å². The highest BCUT2D eigenvalue weighted by atomic mass is 16.5. The van der Waals surface area contributed by atoms with E-state index in [0.29, 0.717) is 13.0 Å². The van der Waals surface area contributed by atoms with E-state index in [1.807, 2.05) is 55.3 Å². The summed E-state index contributed by atoms with van der Waals surface area (Å²) in [5.74, 6) is -0.00000430. The molecule has 0 amide bonds. The number of carbonyl (C=O) groups is 1. The Morgan fingerprint density at radius 2 is 2.00 bits per heavy atom.